The Morgan fingerprint density at radius 3 is 2.78 bits per heavy atom. The van der Waals surface area contributed by atoms with Gasteiger partial charge in [-0.1, -0.05) is 18.7 Å². The quantitative estimate of drug-likeness (QED) is 0.227. The average Bonchev–Trinajstić information content (AvgIpc) is 2.34. The number of aryl methyl sites for hydroxylation is 1. The summed E-state index contributed by atoms with van der Waals surface area (Å²) in [4.78, 5) is 18.3. The van der Waals surface area contributed by atoms with Gasteiger partial charge in [0.1, 0.15) is 5.69 Å². The fourth-order valence-electron chi connectivity index (χ4n) is 1.19. The number of nitro groups is 1. The van der Waals surface area contributed by atoms with Crippen LogP contribution in [0, 0.1) is 23.0 Å². The summed E-state index contributed by atoms with van der Waals surface area (Å²) < 4.78 is 0. The number of hydrogen-bond donors (Lipinski definition) is 3. The molecule has 1 aromatic rings. The van der Waals surface area contributed by atoms with Crippen molar-refractivity contribution >= 4 is 23.4 Å². The molecule has 0 fully saturated rings. The number of rotatable bonds is 6. The van der Waals surface area contributed by atoms with E-state index in [1.165, 1.54) is 18.7 Å². The van der Waals surface area contributed by atoms with Crippen LogP contribution in [0.2, 0.25) is 0 Å². The minimum absolute atomic E-state index is 0.0207. The Hall–Kier alpha value is -1.45. The minimum Gasteiger partial charge on any atom is -0.396 e. The second kappa shape index (κ2) is 6.47. The SMILES string of the molecule is Cc1nc(NN)nc(SCC(C)CO)c1[N+](=O)[O-]. The second-order valence-electron chi connectivity index (χ2n) is 3.79. The monoisotopic (exact) mass is 273 g/mol. The van der Waals surface area contributed by atoms with Crippen molar-refractivity contribution < 1.29 is 10.0 Å². The van der Waals surface area contributed by atoms with Crippen LogP contribution in [0.15, 0.2) is 5.03 Å². The number of aliphatic hydroxyl groups is 1. The molecule has 0 aliphatic rings. The van der Waals surface area contributed by atoms with Crippen LogP contribution < -0.4 is 11.3 Å². The van der Waals surface area contributed by atoms with Gasteiger partial charge in [-0.05, 0) is 12.8 Å². The zero-order valence-corrected chi connectivity index (χ0v) is 10.9. The maximum absolute atomic E-state index is 11.0. The molecule has 0 aromatic carbocycles. The molecule has 100 valence electrons. The molecule has 0 bridgehead atoms. The highest BCUT2D eigenvalue weighted by Gasteiger charge is 2.22. The van der Waals surface area contributed by atoms with Gasteiger partial charge in [0, 0.05) is 12.4 Å². The van der Waals surface area contributed by atoms with E-state index in [1.54, 1.807) is 0 Å². The number of aromatic nitrogens is 2. The highest BCUT2D eigenvalue weighted by molar-refractivity contribution is 7.99. The van der Waals surface area contributed by atoms with Crippen molar-refractivity contribution in [2.45, 2.75) is 18.9 Å². The van der Waals surface area contributed by atoms with E-state index in [4.69, 9.17) is 10.9 Å². The summed E-state index contributed by atoms with van der Waals surface area (Å²) in [5.74, 6) is 5.89. The van der Waals surface area contributed by atoms with Crippen LogP contribution in [0.1, 0.15) is 12.6 Å². The predicted octanol–water partition coefficient (Wildman–Crippen LogP) is 0.699. The summed E-state index contributed by atoms with van der Waals surface area (Å²) >= 11 is 1.20. The molecule has 1 heterocycles. The number of nitrogens with one attached hydrogen (secondary N) is 1. The number of hydrazine groups is 1. The van der Waals surface area contributed by atoms with Gasteiger partial charge >= 0.3 is 5.69 Å². The summed E-state index contributed by atoms with van der Waals surface area (Å²) in [6.07, 6.45) is 0. The first kappa shape index (κ1) is 14.6. The number of nitrogens with two attached hydrogens (primary N) is 1. The van der Waals surface area contributed by atoms with Crippen LogP contribution in [0.4, 0.5) is 11.6 Å². The lowest BCUT2D eigenvalue weighted by molar-refractivity contribution is -0.389. The first-order valence-electron chi connectivity index (χ1n) is 5.22. The molecule has 0 saturated heterocycles. The van der Waals surface area contributed by atoms with Gasteiger partial charge < -0.3 is 5.11 Å². The van der Waals surface area contributed by atoms with Crippen molar-refractivity contribution in [1.29, 1.82) is 0 Å². The Bertz CT molecular complexity index is 442. The van der Waals surface area contributed by atoms with Crippen LogP contribution in [-0.4, -0.2) is 32.4 Å². The van der Waals surface area contributed by atoms with Crippen molar-refractivity contribution in [1.82, 2.24) is 9.97 Å². The molecule has 0 spiro atoms. The molecular weight excluding hydrogens is 258 g/mol. The second-order valence-corrected chi connectivity index (χ2v) is 4.80. The molecule has 0 saturated carbocycles. The first-order valence-corrected chi connectivity index (χ1v) is 6.21. The summed E-state index contributed by atoms with van der Waals surface area (Å²) in [6.45, 7) is 3.39. The molecule has 9 heteroatoms. The maximum atomic E-state index is 11.0. The van der Waals surface area contributed by atoms with Crippen LogP contribution in [0.3, 0.4) is 0 Å². The number of aliphatic hydroxyl groups excluding tert-OH is 1. The van der Waals surface area contributed by atoms with Gasteiger partial charge in [0.05, 0.1) is 4.92 Å². The number of nitrogen functional groups attached to an aromatic ring is 1. The zero-order valence-electron chi connectivity index (χ0n) is 10.1. The zero-order chi connectivity index (χ0) is 13.7. The van der Waals surface area contributed by atoms with Crippen molar-refractivity contribution in [2.75, 3.05) is 17.8 Å². The van der Waals surface area contributed by atoms with Crippen molar-refractivity contribution in [3.05, 3.63) is 15.8 Å². The fourth-order valence-corrected chi connectivity index (χ4v) is 2.25. The largest absolute Gasteiger partial charge is 0.396 e. The molecule has 1 atom stereocenters. The third-order valence-corrected chi connectivity index (χ3v) is 3.45. The lowest BCUT2D eigenvalue weighted by atomic mass is 10.2. The Balaban J connectivity index is 3.05. The molecule has 0 radical (unpaired) electrons. The molecule has 18 heavy (non-hydrogen) atoms. The fraction of sp³-hybridized carbons (Fsp3) is 0.556. The number of anilines is 1. The summed E-state index contributed by atoms with van der Waals surface area (Å²) in [7, 11) is 0. The predicted molar refractivity (Wildman–Crippen MR) is 68.2 cm³/mol. The molecule has 0 aliphatic heterocycles. The lowest BCUT2D eigenvalue weighted by Gasteiger charge is -2.09. The molecule has 1 aromatic heterocycles. The van der Waals surface area contributed by atoms with E-state index in [-0.39, 0.29) is 34.9 Å². The highest BCUT2D eigenvalue weighted by atomic mass is 32.2. The highest BCUT2D eigenvalue weighted by Crippen LogP contribution is 2.31. The Kier molecular flexibility index (Phi) is 5.25. The molecule has 1 unspecified atom stereocenters. The van der Waals surface area contributed by atoms with Crippen LogP contribution in [0.5, 0.6) is 0 Å². The molecule has 1 rings (SSSR count). The van der Waals surface area contributed by atoms with E-state index < -0.39 is 4.92 Å². The number of hydrogen-bond acceptors (Lipinski definition) is 8. The van der Waals surface area contributed by atoms with Gasteiger partial charge in [-0.3, -0.25) is 15.5 Å². The van der Waals surface area contributed by atoms with Gasteiger partial charge in [0.25, 0.3) is 0 Å². The molecule has 4 N–H and O–H groups in total. The first-order chi connectivity index (χ1) is 8.49. The van der Waals surface area contributed by atoms with Gasteiger partial charge in [0.15, 0.2) is 5.03 Å². The lowest BCUT2D eigenvalue weighted by Crippen LogP contribution is -2.13. The number of thioether (sulfide) groups is 1. The maximum Gasteiger partial charge on any atom is 0.322 e. The summed E-state index contributed by atoms with van der Waals surface area (Å²) in [5.41, 5.74) is 2.40. The summed E-state index contributed by atoms with van der Waals surface area (Å²) in [6, 6.07) is 0. The third-order valence-electron chi connectivity index (χ3n) is 2.15. The molecule has 0 aliphatic carbocycles. The molecular formula is C9H15N5O3S. The van der Waals surface area contributed by atoms with Gasteiger partial charge in [0.2, 0.25) is 5.95 Å². The minimum atomic E-state index is -0.512. The smallest absolute Gasteiger partial charge is 0.322 e. The van der Waals surface area contributed by atoms with E-state index >= 15 is 0 Å². The van der Waals surface area contributed by atoms with E-state index in [0.717, 1.165) is 0 Å². The van der Waals surface area contributed by atoms with E-state index in [1.807, 2.05) is 6.92 Å². The van der Waals surface area contributed by atoms with E-state index in [2.05, 4.69) is 15.4 Å². The van der Waals surface area contributed by atoms with Gasteiger partial charge in [-0.25, -0.2) is 10.8 Å². The van der Waals surface area contributed by atoms with Gasteiger partial charge in [-0.2, -0.15) is 4.98 Å². The topological polar surface area (TPSA) is 127 Å². The van der Waals surface area contributed by atoms with Gasteiger partial charge in [-0.15, -0.1) is 0 Å². The normalized spacial score (nSPS) is 12.2. The van der Waals surface area contributed by atoms with Crippen molar-refractivity contribution in [2.24, 2.45) is 11.8 Å². The average molecular weight is 273 g/mol. The van der Waals surface area contributed by atoms with Crippen molar-refractivity contribution in [3.63, 3.8) is 0 Å². The third kappa shape index (κ3) is 3.52. The standard InChI is InChI=1S/C9H15N5O3S/c1-5(3-15)4-18-8-7(14(16)17)6(2)11-9(12-8)13-10/h5,15H,3-4,10H2,1-2H3,(H,11,12,13). The number of nitrogens with zero attached hydrogens (tertiary/aromatic N) is 3. The Morgan fingerprint density at radius 2 is 2.28 bits per heavy atom. The van der Waals surface area contributed by atoms with Crippen molar-refractivity contribution in [3.8, 4) is 0 Å². The van der Waals surface area contributed by atoms with E-state index in [9.17, 15) is 10.1 Å². The Labute approximate surface area is 108 Å². The van der Waals surface area contributed by atoms with E-state index in [0.29, 0.717) is 5.75 Å². The van der Waals surface area contributed by atoms with Crippen LogP contribution in [-0.2, 0) is 0 Å². The summed E-state index contributed by atoms with van der Waals surface area (Å²) in [5, 5.41) is 20.2. The molecule has 8 nitrogen and oxygen atoms in total. The Morgan fingerprint density at radius 1 is 1.61 bits per heavy atom. The molecule has 0 amide bonds. The van der Waals surface area contributed by atoms with Crippen LogP contribution >= 0.6 is 11.8 Å². The van der Waals surface area contributed by atoms with Crippen LogP contribution in [0.25, 0.3) is 0 Å².